The van der Waals surface area contributed by atoms with Crippen LogP contribution >= 0.6 is 11.6 Å². The van der Waals surface area contributed by atoms with Crippen LogP contribution in [0.1, 0.15) is 16.5 Å². The standard InChI is InChI=1S/C11H9ClN2O5S/c12-7-3-1-2-4-8(7)20(17,18)6-5-9-13-10(11(15)16)19-14-9/h1-4H,5-6H2,(H,15,16). The number of aryl methyl sites for hydroxylation is 1. The molecule has 0 fully saturated rings. The van der Waals surface area contributed by atoms with Crippen LogP contribution in [0.5, 0.6) is 0 Å². The second-order valence-corrected chi connectivity index (χ2v) is 6.30. The first kappa shape index (κ1) is 14.5. The third-order valence-electron chi connectivity index (χ3n) is 2.42. The summed E-state index contributed by atoms with van der Waals surface area (Å²) in [6.45, 7) is 0. The molecule has 7 nitrogen and oxygen atoms in total. The number of carboxylic acids is 1. The van der Waals surface area contributed by atoms with E-state index in [0.717, 1.165) is 0 Å². The van der Waals surface area contributed by atoms with E-state index >= 15 is 0 Å². The Balaban J connectivity index is 2.13. The molecule has 1 heterocycles. The van der Waals surface area contributed by atoms with Gasteiger partial charge in [0.25, 0.3) is 0 Å². The Labute approximate surface area is 119 Å². The zero-order chi connectivity index (χ0) is 14.8. The van der Waals surface area contributed by atoms with E-state index in [1.165, 1.54) is 12.1 Å². The van der Waals surface area contributed by atoms with Crippen LogP contribution in [0.25, 0.3) is 0 Å². The van der Waals surface area contributed by atoms with Gasteiger partial charge in [0.1, 0.15) is 0 Å². The first-order valence-electron chi connectivity index (χ1n) is 5.43. The average molecular weight is 317 g/mol. The molecule has 0 radical (unpaired) electrons. The van der Waals surface area contributed by atoms with Crippen molar-refractivity contribution in [2.45, 2.75) is 11.3 Å². The number of halogens is 1. The topological polar surface area (TPSA) is 110 Å². The second-order valence-electron chi connectivity index (χ2n) is 3.82. The van der Waals surface area contributed by atoms with Gasteiger partial charge < -0.3 is 9.63 Å². The monoisotopic (exact) mass is 316 g/mol. The van der Waals surface area contributed by atoms with Crippen molar-refractivity contribution in [2.75, 3.05) is 5.75 Å². The zero-order valence-electron chi connectivity index (χ0n) is 9.98. The molecule has 1 N–H and O–H groups in total. The van der Waals surface area contributed by atoms with Crippen molar-refractivity contribution >= 4 is 27.4 Å². The molecule has 1 aromatic heterocycles. The molecule has 20 heavy (non-hydrogen) atoms. The molecule has 0 saturated carbocycles. The highest BCUT2D eigenvalue weighted by molar-refractivity contribution is 7.91. The van der Waals surface area contributed by atoms with Gasteiger partial charge in [0, 0.05) is 6.42 Å². The average Bonchev–Trinajstić information content (AvgIpc) is 2.86. The maximum atomic E-state index is 12.1. The fourth-order valence-electron chi connectivity index (χ4n) is 1.47. The van der Waals surface area contributed by atoms with Gasteiger partial charge in [-0.2, -0.15) is 4.98 Å². The fourth-order valence-corrected chi connectivity index (χ4v) is 3.29. The summed E-state index contributed by atoms with van der Waals surface area (Å²) in [7, 11) is -3.60. The number of carbonyl (C=O) groups is 1. The first-order chi connectivity index (χ1) is 9.40. The highest BCUT2D eigenvalue weighted by Gasteiger charge is 2.20. The Kier molecular flexibility index (Phi) is 4.05. The molecular weight excluding hydrogens is 308 g/mol. The van der Waals surface area contributed by atoms with Crippen LogP contribution in [0.3, 0.4) is 0 Å². The predicted octanol–water partition coefficient (Wildman–Crippen LogP) is 1.44. The summed E-state index contributed by atoms with van der Waals surface area (Å²) in [5.41, 5.74) is 0. The van der Waals surface area contributed by atoms with Crippen LogP contribution in [0.2, 0.25) is 5.02 Å². The molecule has 0 spiro atoms. The third-order valence-corrected chi connectivity index (χ3v) is 4.63. The molecule has 0 amide bonds. The molecule has 9 heteroatoms. The number of nitrogens with zero attached hydrogens (tertiary/aromatic N) is 2. The Hall–Kier alpha value is -1.93. The Morgan fingerprint density at radius 3 is 2.65 bits per heavy atom. The van der Waals surface area contributed by atoms with Crippen molar-refractivity contribution < 1.29 is 22.8 Å². The van der Waals surface area contributed by atoms with Gasteiger partial charge in [0.05, 0.1) is 15.7 Å². The highest BCUT2D eigenvalue weighted by atomic mass is 35.5. The molecule has 0 aliphatic heterocycles. The van der Waals surface area contributed by atoms with Crippen molar-refractivity contribution in [3.63, 3.8) is 0 Å². The number of aromatic nitrogens is 2. The number of benzene rings is 1. The molecule has 2 rings (SSSR count). The lowest BCUT2D eigenvalue weighted by atomic mass is 10.4. The molecule has 0 saturated heterocycles. The maximum absolute atomic E-state index is 12.1. The maximum Gasteiger partial charge on any atom is 0.394 e. The van der Waals surface area contributed by atoms with Crippen molar-refractivity contribution in [2.24, 2.45) is 0 Å². The van der Waals surface area contributed by atoms with E-state index in [4.69, 9.17) is 16.7 Å². The summed E-state index contributed by atoms with van der Waals surface area (Å²) in [5.74, 6) is -2.22. The number of aromatic carboxylic acids is 1. The van der Waals surface area contributed by atoms with E-state index in [1.54, 1.807) is 12.1 Å². The van der Waals surface area contributed by atoms with Gasteiger partial charge in [-0.3, -0.25) is 0 Å². The number of sulfone groups is 1. The summed E-state index contributed by atoms with van der Waals surface area (Å²) in [5, 5.41) is 12.1. The lowest BCUT2D eigenvalue weighted by Gasteiger charge is -2.04. The number of carboxylic acid groups (broad SMARTS) is 1. The summed E-state index contributed by atoms with van der Waals surface area (Å²) >= 11 is 5.83. The summed E-state index contributed by atoms with van der Waals surface area (Å²) in [6.07, 6.45) is -0.0651. The highest BCUT2D eigenvalue weighted by Crippen LogP contribution is 2.22. The van der Waals surface area contributed by atoms with Crippen molar-refractivity contribution in [1.82, 2.24) is 10.1 Å². The minimum Gasteiger partial charge on any atom is -0.474 e. The number of hydrogen-bond acceptors (Lipinski definition) is 6. The van der Waals surface area contributed by atoms with Gasteiger partial charge >= 0.3 is 11.9 Å². The summed E-state index contributed by atoms with van der Waals surface area (Å²) in [4.78, 5) is 14.1. The molecule has 0 aliphatic carbocycles. The van der Waals surface area contributed by atoms with E-state index in [2.05, 4.69) is 14.7 Å². The zero-order valence-corrected chi connectivity index (χ0v) is 11.6. The van der Waals surface area contributed by atoms with Crippen LogP contribution < -0.4 is 0 Å². The van der Waals surface area contributed by atoms with Gasteiger partial charge in [-0.15, -0.1) is 0 Å². The predicted molar refractivity (Wildman–Crippen MR) is 68.5 cm³/mol. The molecular formula is C11H9ClN2O5S. The normalized spacial score (nSPS) is 11.4. The van der Waals surface area contributed by atoms with Crippen LogP contribution in [0.4, 0.5) is 0 Å². The van der Waals surface area contributed by atoms with Crippen molar-refractivity contribution in [3.05, 3.63) is 41.0 Å². The van der Waals surface area contributed by atoms with E-state index in [9.17, 15) is 13.2 Å². The van der Waals surface area contributed by atoms with Gasteiger partial charge in [-0.05, 0) is 12.1 Å². The smallest absolute Gasteiger partial charge is 0.394 e. The Morgan fingerprint density at radius 1 is 1.35 bits per heavy atom. The molecule has 0 unspecified atom stereocenters. The Bertz CT molecular complexity index is 741. The van der Waals surface area contributed by atoms with Gasteiger partial charge in [0.2, 0.25) is 0 Å². The van der Waals surface area contributed by atoms with Gasteiger partial charge in [-0.1, -0.05) is 28.9 Å². The summed E-state index contributed by atoms with van der Waals surface area (Å²) < 4.78 is 28.6. The SMILES string of the molecule is O=C(O)c1nc(CCS(=O)(=O)c2ccccc2Cl)no1. The molecule has 0 bridgehead atoms. The van der Waals surface area contributed by atoms with Crippen molar-refractivity contribution in [3.8, 4) is 0 Å². The molecule has 0 aliphatic rings. The quantitative estimate of drug-likeness (QED) is 0.888. The van der Waals surface area contributed by atoms with Gasteiger partial charge in [-0.25, -0.2) is 13.2 Å². The minimum atomic E-state index is -3.60. The molecule has 106 valence electrons. The van der Waals surface area contributed by atoms with E-state index < -0.39 is 21.7 Å². The largest absolute Gasteiger partial charge is 0.474 e. The molecule has 0 atom stereocenters. The number of hydrogen-bond donors (Lipinski definition) is 1. The summed E-state index contributed by atoms with van der Waals surface area (Å²) in [6, 6.07) is 6.07. The fraction of sp³-hybridized carbons (Fsp3) is 0.182. The van der Waals surface area contributed by atoms with Crippen LogP contribution in [0, 0.1) is 0 Å². The molecule has 1 aromatic carbocycles. The number of rotatable bonds is 5. The van der Waals surface area contributed by atoms with E-state index in [0.29, 0.717) is 0 Å². The molecule has 2 aromatic rings. The van der Waals surface area contributed by atoms with Crippen LogP contribution in [-0.2, 0) is 16.3 Å². The van der Waals surface area contributed by atoms with Crippen molar-refractivity contribution in [1.29, 1.82) is 0 Å². The lowest BCUT2D eigenvalue weighted by molar-refractivity contribution is 0.0643. The first-order valence-corrected chi connectivity index (χ1v) is 7.46. The third kappa shape index (κ3) is 3.14. The Morgan fingerprint density at radius 2 is 2.05 bits per heavy atom. The minimum absolute atomic E-state index is 0.0121. The van der Waals surface area contributed by atoms with Crippen LogP contribution in [-0.4, -0.2) is 35.4 Å². The van der Waals surface area contributed by atoms with Gasteiger partial charge in [0.15, 0.2) is 15.7 Å². The second kappa shape index (κ2) is 5.59. The van der Waals surface area contributed by atoms with E-state index in [1.807, 2.05) is 0 Å². The lowest BCUT2D eigenvalue weighted by Crippen LogP contribution is -2.10. The van der Waals surface area contributed by atoms with E-state index in [-0.39, 0.29) is 27.9 Å². The van der Waals surface area contributed by atoms with Crippen LogP contribution in [0.15, 0.2) is 33.7 Å².